The van der Waals surface area contributed by atoms with Crippen LogP contribution in [-0.2, 0) is 6.42 Å². The molecule has 1 atom stereocenters. The molecule has 1 saturated heterocycles. The lowest BCUT2D eigenvalue weighted by Crippen LogP contribution is -2.48. The average molecular weight is 344 g/mol. The highest BCUT2D eigenvalue weighted by Crippen LogP contribution is 2.31. The van der Waals surface area contributed by atoms with Crippen LogP contribution in [0.25, 0.3) is 0 Å². The van der Waals surface area contributed by atoms with Crippen molar-refractivity contribution in [3.8, 4) is 0 Å². The fourth-order valence-electron chi connectivity index (χ4n) is 3.45. The number of anilines is 1. The van der Waals surface area contributed by atoms with Gasteiger partial charge in [-0.2, -0.15) is 0 Å². The molecule has 0 unspecified atom stereocenters. The van der Waals surface area contributed by atoms with Crippen LogP contribution in [0.15, 0.2) is 30.6 Å². The minimum atomic E-state index is -0.159. The van der Waals surface area contributed by atoms with Crippen LogP contribution in [0.1, 0.15) is 27.5 Å². The van der Waals surface area contributed by atoms with Gasteiger partial charge in [0.25, 0.3) is 5.91 Å². The first-order chi connectivity index (χ1) is 11.7. The van der Waals surface area contributed by atoms with E-state index in [-0.39, 0.29) is 11.2 Å². The molecule has 1 aromatic heterocycles. The van der Waals surface area contributed by atoms with Crippen LogP contribution in [0, 0.1) is 0 Å². The molecule has 0 aliphatic carbocycles. The lowest BCUT2D eigenvalue weighted by molar-refractivity contribution is 0.102. The zero-order valence-corrected chi connectivity index (χ0v) is 13.9. The van der Waals surface area contributed by atoms with Gasteiger partial charge in [-0.15, -0.1) is 0 Å². The molecule has 2 aliphatic heterocycles. The fourth-order valence-corrected chi connectivity index (χ4v) is 3.55. The van der Waals surface area contributed by atoms with Gasteiger partial charge in [-0.05, 0) is 41.3 Å². The van der Waals surface area contributed by atoms with E-state index in [4.69, 9.17) is 11.6 Å². The normalized spacial score (nSPS) is 20.1. The van der Waals surface area contributed by atoms with E-state index in [2.05, 4.69) is 31.6 Å². The standard InChI is InChI=1S/C17H18ClN5O/c18-17-20-8-13(9-21-17)22-16(24)12-1-2-14-11(7-12)3-5-23-6-4-19-10-15(14)23/h1-2,7-9,15,19H,3-6,10H2,(H,22,24)/t15-/m0/s1. The average Bonchev–Trinajstić information content (AvgIpc) is 2.63. The zero-order valence-electron chi connectivity index (χ0n) is 13.1. The number of hydrogen-bond donors (Lipinski definition) is 2. The maximum atomic E-state index is 12.4. The van der Waals surface area contributed by atoms with Gasteiger partial charge in [-0.3, -0.25) is 9.69 Å². The second kappa shape index (κ2) is 6.47. The van der Waals surface area contributed by atoms with Crippen LogP contribution in [0.2, 0.25) is 5.28 Å². The molecule has 2 aliphatic rings. The maximum Gasteiger partial charge on any atom is 0.255 e. The van der Waals surface area contributed by atoms with Gasteiger partial charge in [0.15, 0.2) is 0 Å². The summed E-state index contributed by atoms with van der Waals surface area (Å²) in [4.78, 5) is 22.7. The van der Waals surface area contributed by atoms with Gasteiger partial charge in [0, 0.05) is 37.8 Å². The maximum absolute atomic E-state index is 12.4. The van der Waals surface area contributed by atoms with Crippen LogP contribution < -0.4 is 10.6 Å². The monoisotopic (exact) mass is 343 g/mol. The van der Waals surface area contributed by atoms with Gasteiger partial charge in [-0.25, -0.2) is 9.97 Å². The Bertz CT molecular complexity index is 764. The summed E-state index contributed by atoms with van der Waals surface area (Å²) < 4.78 is 0. The molecule has 124 valence electrons. The molecule has 3 heterocycles. The number of nitrogens with zero attached hydrogens (tertiary/aromatic N) is 3. The Labute approximate surface area is 145 Å². The highest BCUT2D eigenvalue weighted by molar-refractivity contribution is 6.28. The lowest BCUT2D eigenvalue weighted by atomic mass is 9.90. The fraction of sp³-hybridized carbons (Fsp3) is 0.353. The molecule has 2 aromatic rings. The Morgan fingerprint density at radius 1 is 1.29 bits per heavy atom. The van der Waals surface area contributed by atoms with E-state index >= 15 is 0 Å². The summed E-state index contributed by atoms with van der Waals surface area (Å²) in [6.45, 7) is 4.16. The molecule has 0 saturated carbocycles. The number of nitrogens with one attached hydrogen (secondary N) is 2. The Morgan fingerprint density at radius 3 is 2.96 bits per heavy atom. The minimum absolute atomic E-state index is 0.159. The van der Waals surface area contributed by atoms with Gasteiger partial charge in [0.2, 0.25) is 5.28 Å². The van der Waals surface area contributed by atoms with Gasteiger partial charge in [0.1, 0.15) is 0 Å². The van der Waals surface area contributed by atoms with E-state index < -0.39 is 0 Å². The number of carbonyl (C=O) groups excluding carboxylic acids is 1. The van der Waals surface area contributed by atoms with Crippen molar-refractivity contribution in [2.45, 2.75) is 12.5 Å². The molecule has 7 heteroatoms. The summed E-state index contributed by atoms with van der Waals surface area (Å²) >= 11 is 5.66. The van der Waals surface area contributed by atoms with Crippen molar-refractivity contribution in [2.24, 2.45) is 0 Å². The second-order valence-corrected chi connectivity index (χ2v) is 6.45. The number of benzene rings is 1. The third-order valence-electron chi connectivity index (χ3n) is 4.66. The summed E-state index contributed by atoms with van der Waals surface area (Å²) in [7, 11) is 0. The van der Waals surface area contributed by atoms with Crippen molar-refractivity contribution < 1.29 is 4.79 Å². The van der Waals surface area contributed by atoms with Gasteiger partial charge in [-0.1, -0.05) is 6.07 Å². The Morgan fingerprint density at radius 2 is 2.12 bits per heavy atom. The van der Waals surface area contributed by atoms with E-state index in [0.29, 0.717) is 17.3 Å². The molecule has 24 heavy (non-hydrogen) atoms. The van der Waals surface area contributed by atoms with E-state index in [1.54, 1.807) is 0 Å². The van der Waals surface area contributed by atoms with E-state index in [0.717, 1.165) is 32.6 Å². The molecule has 2 N–H and O–H groups in total. The number of hydrogen-bond acceptors (Lipinski definition) is 5. The van der Waals surface area contributed by atoms with Crippen molar-refractivity contribution in [2.75, 3.05) is 31.5 Å². The van der Waals surface area contributed by atoms with Gasteiger partial charge >= 0.3 is 0 Å². The topological polar surface area (TPSA) is 70.2 Å². The zero-order chi connectivity index (χ0) is 16.5. The molecule has 1 amide bonds. The summed E-state index contributed by atoms with van der Waals surface area (Å²) in [5.41, 5.74) is 3.78. The van der Waals surface area contributed by atoms with E-state index in [1.165, 1.54) is 23.5 Å². The first kappa shape index (κ1) is 15.5. The molecule has 1 aromatic carbocycles. The number of amides is 1. The first-order valence-electron chi connectivity index (χ1n) is 8.07. The molecular weight excluding hydrogens is 326 g/mol. The van der Waals surface area contributed by atoms with E-state index in [9.17, 15) is 4.79 Å². The number of aromatic nitrogens is 2. The van der Waals surface area contributed by atoms with Gasteiger partial charge < -0.3 is 10.6 Å². The molecule has 4 rings (SSSR count). The Kier molecular flexibility index (Phi) is 4.18. The predicted molar refractivity (Wildman–Crippen MR) is 92.3 cm³/mol. The number of carbonyl (C=O) groups is 1. The molecule has 6 nitrogen and oxygen atoms in total. The van der Waals surface area contributed by atoms with E-state index in [1.807, 2.05) is 12.1 Å². The molecule has 0 bridgehead atoms. The number of halogens is 1. The summed E-state index contributed by atoms with van der Waals surface area (Å²) in [6, 6.07) is 6.41. The van der Waals surface area contributed by atoms with Crippen molar-refractivity contribution >= 4 is 23.2 Å². The number of fused-ring (bicyclic) bond motifs is 3. The van der Waals surface area contributed by atoms with Crippen molar-refractivity contribution in [1.82, 2.24) is 20.2 Å². The highest BCUT2D eigenvalue weighted by atomic mass is 35.5. The largest absolute Gasteiger partial charge is 0.319 e. The Balaban J connectivity index is 1.54. The molecule has 1 fully saturated rings. The van der Waals surface area contributed by atoms with Crippen LogP contribution >= 0.6 is 11.6 Å². The van der Waals surface area contributed by atoms with Crippen LogP contribution in [0.4, 0.5) is 5.69 Å². The SMILES string of the molecule is O=C(Nc1cnc(Cl)nc1)c1ccc2c(c1)CCN1CCNC[C@@H]21. The van der Waals surface area contributed by atoms with Crippen LogP contribution in [0.3, 0.4) is 0 Å². The summed E-state index contributed by atoms with van der Waals surface area (Å²) in [5, 5.41) is 6.42. The quantitative estimate of drug-likeness (QED) is 0.815. The molecule has 0 radical (unpaired) electrons. The molecule has 0 spiro atoms. The van der Waals surface area contributed by atoms with Gasteiger partial charge in [0.05, 0.1) is 18.1 Å². The summed E-state index contributed by atoms with van der Waals surface area (Å²) in [5.74, 6) is -0.159. The van der Waals surface area contributed by atoms with Crippen molar-refractivity contribution in [1.29, 1.82) is 0 Å². The smallest absolute Gasteiger partial charge is 0.255 e. The summed E-state index contributed by atoms with van der Waals surface area (Å²) in [6.07, 6.45) is 3.98. The van der Waals surface area contributed by atoms with Crippen molar-refractivity contribution in [3.05, 3.63) is 52.6 Å². The second-order valence-electron chi connectivity index (χ2n) is 6.11. The third kappa shape index (κ3) is 3.00. The van der Waals surface area contributed by atoms with Crippen LogP contribution in [-0.4, -0.2) is 47.0 Å². The van der Waals surface area contributed by atoms with Crippen LogP contribution in [0.5, 0.6) is 0 Å². The third-order valence-corrected chi connectivity index (χ3v) is 4.86. The number of piperazine rings is 1. The predicted octanol–water partition coefficient (Wildman–Crippen LogP) is 1.88. The lowest BCUT2D eigenvalue weighted by Gasteiger charge is -2.41. The van der Waals surface area contributed by atoms with Crippen molar-refractivity contribution in [3.63, 3.8) is 0 Å². The number of rotatable bonds is 2. The first-order valence-corrected chi connectivity index (χ1v) is 8.45. The molecular formula is C17H18ClN5O. The highest BCUT2D eigenvalue weighted by Gasteiger charge is 2.29. The Hall–Kier alpha value is -2.02. The minimum Gasteiger partial charge on any atom is -0.319 e.